The Morgan fingerprint density at radius 1 is 0.946 bits per heavy atom. The second-order valence-electron chi connectivity index (χ2n) is 8.02. The zero-order chi connectivity index (χ0) is 26.5. The van der Waals surface area contributed by atoms with Crippen LogP contribution in [0.25, 0.3) is 0 Å². The number of para-hydroxylation sites is 1. The minimum Gasteiger partial charge on any atom is -0.322 e. The quantitative estimate of drug-likeness (QED) is 0.271. The lowest BCUT2D eigenvalue weighted by Crippen LogP contribution is -2.59. The monoisotopic (exact) mass is 501 g/mol. The molecule has 0 aromatic heterocycles. The number of halogens is 1. The number of hydrogen-bond donors (Lipinski definition) is 3. The van der Waals surface area contributed by atoms with Crippen LogP contribution in [-0.4, -0.2) is 35.9 Å². The van der Waals surface area contributed by atoms with Crippen molar-refractivity contribution in [1.29, 1.82) is 0 Å². The Morgan fingerprint density at radius 2 is 1.68 bits per heavy atom. The van der Waals surface area contributed by atoms with Crippen molar-refractivity contribution in [1.82, 2.24) is 10.7 Å². The summed E-state index contributed by atoms with van der Waals surface area (Å²) in [6.45, 7) is 1.88. The lowest BCUT2D eigenvalue weighted by Gasteiger charge is -2.28. The van der Waals surface area contributed by atoms with Crippen molar-refractivity contribution in [3.8, 4) is 0 Å². The number of hydrogen-bond acceptors (Lipinski definition) is 6. The highest BCUT2D eigenvalue weighted by Crippen LogP contribution is 2.23. The average molecular weight is 501 g/mol. The molecule has 1 fully saturated rings. The van der Waals surface area contributed by atoms with Crippen LogP contribution in [0.15, 0.2) is 77.9 Å². The van der Waals surface area contributed by atoms with E-state index in [-0.39, 0.29) is 17.2 Å². The minimum atomic E-state index is -1.57. The molecule has 11 heteroatoms. The van der Waals surface area contributed by atoms with E-state index in [4.69, 9.17) is 0 Å². The lowest BCUT2D eigenvalue weighted by molar-refractivity contribution is -0.131. The number of rotatable bonds is 6. The Labute approximate surface area is 210 Å². The first-order valence-electron chi connectivity index (χ1n) is 11.0. The van der Waals surface area contributed by atoms with Gasteiger partial charge in [0.15, 0.2) is 5.92 Å². The van der Waals surface area contributed by atoms with E-state index in [1.165, 1.54) is 42.5 Å². The third kappa shape index (κ3) is 5.56. The van der Waals surface area contributed by atoms with Gasteiger partial charge in [-0.05, 0) is 55.5 Å². The van der Waals surface area contributed by atoms with Crippen molar-refractivity contribution in [2.45, 2.75) is 6.92 Å². The normalized spacial score (nSPS) is 15.5. The number of benzene rings is 3. The number of carbonyl (C=O) groups excluding carboxylic acids is 5. The summed E-state index contributed by atoms with van der Waals surface area (Å²) < 4.78 is 14.1. The Hall–Kier alpha value is -5.19. The molecule has 1 aliphatic heterocycles. The van der Waals surface area contributed by atoms with Crippen LogP contribution in [0.2, 0.25) is 0 Å². The fraction of sp³-hybridized carbons (Fsp3) is 0.0769. The Morgan fingerprint density at radius 3 is 2.38 bits per heavy atom. The number of nitrogens with zero attached hydrogens (tertiary/aromatic N) is 2. The smallest absolute Gasteiger partial charge is 0.322 e. The maximum atomic E-state index is 14.1. The zero-order valence-corrected chi connectivity index (χ0v) is 19.4. The van der Waals surface area contributed by atoms with Crippen LogP contribution in [0.4, 0.5) is 20.6 Å². The van der Waals surface area contributed by atoms with Gasteiger partial charge in [0, 0.05) is 23.0 Å². The number of anilines is 2. The summed E-state index contributed by atoms with van der Waals surface area (Å²) >= 11 is 0. The topological polar surface area (TPSA) is 137 Å². The van der Waals surface area contributed by atoms with Gasteiger partial charge in [-0.1, -0.05) is 29.8 Å². The first-order chi connectivity index (χ1) is 17.7. The molecule has 1 aliphatic rings. The van der Waals surface area contributed by atoms with Gasteiger partial charge in [0.1, 0.15) is 5.82 Å². The molecular weight excluding hydrogens is 481 g/mol. The van der Waals surface area contributed by atoms with E-state index in [1.807, 2.05) is 18.3 Å². The molecule has 3 aromatic rings. The van der Waals surface area contributed by atoms with Gasteiger partial charge in [0.25, 0.3) is 17.7 Å². The summed E-state index contributed by atoms with van der Waals surface area (Å²) in [5, 5.41) is 8.35. The molecule has 0 spiro atoms. The van der Waals surface area contributed by atoms with Crippen molar-refractivity contribution in [2.24, 2.45) is 11.0 Å². The standard InChI is InChI=1S/C26H20FN5O5/c1-15-5-4-6-17(13-15)22(33)29-18-11-9-16(10-12-18)23(34)31-28-14-19-24(35)30-26(37)32(25(19)36)21-8-3-2-7-20(21)27/h2-14,19H,1H3,(H,29,33)(H,31,34)(H,30,35,37)/b28-14-/t19-/m1/s1. The first kappa shape index (κ1) is 24.9. The summed E-state index contributed by atoms with van der Waals surface area (Å²) in [5.41, 5.74) is 3.96. The van der Waals surface area contributed by atoms with Crippen LogP contribution in [0, 0.1) is 18.7 Å². The molecule has 0 unspecified atom stereocenters. The molecule has 0 bridgehead atoms. The summed E-state index contributed by atoms with van der Waals surface area (Å²) in [5.74, 6) is -5.35. The molecule has 0 radical (unpaired) electrons. The van der Waals surface area contributed by atoms with Crippen LogP contribution in [0.3, 0.4) is 0 Å². The molecule has 3 aromatic carbocycles. The molecule has 0 saturated carbocycles. The van der Waals surface area contributed by atoms with Gasteiger partial charge in [-0.3, -0.25) is 24.5 Å². The van der Waals surface area contributed by atoms with Gasteiger partial charge in [-0.2, -0.15) is 5.10 Å². The second kappa shape index (κ2) is 10.6. The number of aryl methyl sites for hydroxylation is 1. The van der Waals surface area contributed by atoms with Gasteiger partial charge < -0.3 is 5.32 Å². The third-order valence-electron chi connectivity index (χ3n) is 5.37. The summed E-state index contributed by atoms with van der Waals surface area (Å²) in [4.78, 5) is 62.3. The van der Waals surface area contributed by atoms with Crippen LogP contribution in [0.5, 0.6) is 0 Å². The van der Waals surface area contributed by atoms with E-state index < -0.39 is 35.5 Å². The van der Waals surface area contributed by atoms with Gasteiger partial charge in [-0.25, -0.2) is 19.5 Å². The maximum absolute atomic E-state index is 14.1. The number of amides is 6. The number of hydrazone groups is 1. The predicted molar refractivity (Wildman–Crippen MR) is 132 cm³/mol. The molecule has 10 nitrogen and oxygen atoms in total. The molecule has 4 rings (SSSR count). The van der Waals surface area contributed by atoms with Gasteiger partial charge >= 0.3 is 6.03 Å². The van der Waals surface area contributed by atoms with Crippen LogP contribution < -0.4 is 21.0 Å². The highest BCUT2D eigenvalue weighted by molar-refractivity contribution is 6.32. The number of barbiturate groups is 1. The number of urea groups is 1. The van der Waals surface area contributed by atoms with Crippen molar-refractivity contribution in [3.63, 3.8) is 0 Å². The second-order valence-corrected chi connectivity index (χ2v) is 8.02. The van der Waals surface area contributed by atoms with E-state index in [9.17, 15) is 28.4 Å². The Balaban J connectivity index is 1.39. The number of nitrogens with one attached hydrogen (secondary N) is 3. The Bertz CT molecular complexity index is 1440. The van der Waals surface area contributed by atoms with E-state index >= 15 is 0 Å². The molecule has 1 heterocycles. The highest BCUT2D eigenvalue weighted by atomic mass is 19.1. The van der Waals surface area contributed by atoms with Gasteiger partial charge in [0.05, 0.1) is 5.69 Å². The van der Waals surface area contributed by atoms with Crippen LogP contribution >= 0.6 is 0 Å². The predicted octanol–water partition coefficient (Wildman–Crippen LogP) is 3.00. The van der Waals surface area contributed by atoms with E-state index in [0.29, 0.717) is 16.2 Å². The number of imide groups is 2. The van der Waals surface area contributed by atoms with Crippen LogP contribution in [-0.2, 0) is 9.59 Å². The van der Waals surface area contributed by atoms with Crippen molar-refractivity contribution in [2.75, 3.05) is 10.2 Å². The fourth-order valence-electron chi connectivity index (χ4n) is 3.51. The molecule has 186 valence electrons. The minimum absolute atomic E-state index is 0.188. The molecule has 1 atom stereocenters. The summed E-state index contributed by atoms with van der Waals surface area (Å²) in [6, 6.07) is 17.0. The molecule has 1 saturated heterocycles. The largest absolute Gasteiger partial charge is 0.335 e. The molecule has 3 N–H and O–H groups in total. The molecule has 37 heavy (non-hydrogen) atoms. The highest BCUT2D eigenvalue weighted by Gasteiger charge is 2.41. The van der Waals surface area contributed by atoms with E-state index in [1.54, 1.807) is 18.2 Å². The number of carbonyl (C=O) groups is 5. The zero-order valence-electron chi connectivity index (χ0n) is 19.4. The van der Waals surface area contributed by atoms with E-state index in [0.717, 1.165) is 17.8 Å². The van der Waals surface area contributed by atoms with Crippen molar-refractivity contribution in [3.05, 3.63) is 95.3 Å². The van der Waals surface area contributed by atoms with Gasteiger partial charge in [-0.15, -0.1) is 0 Å². The SMILES string of the molecule is Cc1cccc(C(=O)Nc2ccc(C(=O)N/N=C\[C@@H]3C(=O)NC(=O)N(c4ccccc4F)C3=O)cc2)c1. The molecule has 6 amide bonds. The van der Waals surface area contributed by atoms with Crippen molar-refractivity contribution >= 4 is 47.2 Å². The summed E-state index contributed by atoms with van der Waals surface area (Å²) in [6.07, 6.45) is 0.853. The molecular formula is C26H20FN5O5. The lowest BCUT2D eigenvalue weighted by atomic mass is 10.1. The third-order valence-corrected chi connectivity index (χ3v) is 5.37. The molecule has 0 aliphatic carbocycles. The van der Waals surface area contributed by atoms with Crippen molar-refractivity contribution < 1.29 is 28.4 Å². The maximum Gasteiger partial charge on any atom is 0.335 e. The average Bonchev–Trinajstić information content (AvgIpc) is 2.87. The van der Waals surface area contributed by atoms with Gasteiger partial charge in [0.2, 0.25) is 5.91 Å². The fourth-order valence-corrected chi connectivity index (χ4v) is 3.51. The summed E-state index contributed by atoms with van der Waals surface area (Å²) in [7, 11) is 0. The van der Waals surface area contributed by atoms with E-state index in [2.05, 4.69) is 15.8 Å². The van der Waals surface area contributed by atoms with Crippen LogP contribution in [0.1, 0.15) is 26.3 Å². The Kier molecular flexibility index (Phi) is 7.14. The first-order valence-corrected chi connectivity index (χ1v) is 11.0.